The zero-order valence-electron chi connectivity index (χ0n) is 15.9. The van der Waals surface area contributed by atoms with Crippen LogP contribution >= 0.6 is 0 Å². The van der Waals surface area contributed by atoms with E-state index in [0.29, 0.717) is 6.42 Å². The third kappa shape index (κ3) is 5.06. The lowest BCUT2D eigenvalue weighted by Gasteiger charge is -2.46. The number of hydrogen-bond acceptors (Lipinski definition) is 12. The van der Waals surface area contributed by atoms with Gasteiger partial charge >= 0.3 is 0 Å². The van der Waals surface area contributed by atoms with E-state index in [0.717, 1.165) is 0 Å². The molecule has 2 saturated heterocycles. The highest BCUT2D eigenvalue weighted by atomic mass is 16.7. The molecule has 2 aliphatic rings. The molecule has 2 rings (SSSR count). The zero-order chi connectivity index (χ0) is 22.0. The Morgan fingerprint density at radius 3 is 1.21 bits per heavy atom. The van der Waals surface area contributed by atoms with Crippen LogP contribution < -0.4 is 0 Å². The first kappa shape index (κ1) is 24.8. The summed E-state index contributed by atoms with van der Waals surface area (Å²) in [5.41, 5.74) is 0. The summed E-state index contributed by atoms with van der Waals surface area (Å²) in [7, 11) is 0. The standard InChI is InChI=1S/C17H32O12/c18-6-8-10(20)12(22)14(24)16(26,28-8)4-2-1-3-5-17(27)15(25)13(23)11(21)9(7-19)29-17/h8-15,18-27H,1-7H2/t8-,9-,10-,11-,12+,13+,14+,15+,16-,17-/m1/s1. The molecule has 10 atom stereocenters. The van der Waals surface area contributed by atoms with E-state index >= 15 is 0 Å². The predicted octanol–water partition coefficient (Wildman–Crippen LogP) is -4.74. The molecule has 29 heavy (non-hydrogen) atoms. The molecule has 0 aromatic carbocycles. The van der Waals surface area contributed by atoms with Crippen molar-refractivity contribution in [3.8, 4) is 0 Å². The molecule has 0 aliphatic carbocycles. The fourth-order valence-corrected chi connectivity index (χ4v) is 3.79. The summed E-state index contributed by atoms with van der Waals surface area (Å²) in [5.74, 6) is -4.38. The highest BCUT2D eigenvalue weighted by Crippen LogP contribution is 2.34. The Bertz CT molecular complexity index is 475. The molecule has 0 saturated carbocycles. The summed E-state index contributed by atoms with van der Waals surface area (Å²) < 4.78 is 10.3. The lowest BCUT2D eigenvalue weighted by atomic mass is 9.88. The lowest BCUT2D eigenvalue weighted by molar-refractivity contribution is -0.353. The van der Waals surface area contributed by atoms with Crippen LogP contribution in [0.15, 0.2) is 0 Å². The molecule has 10 N–H and O–H groups in total. The van der Waals surface area contributed by atoms with Crippen LogP contribution in [0.3, 0.4) is 0 Å². The van der Waals surface area contributed by atoms with Crippen LogP contribution in [0, 0.1) is 0 Å². The van der Waals surface area contributed by atoms with Crippen molar-refractivity contribution in [3.05, 3.63) is 0 Å². The van der Waals surface area contributed by atoms with E-state index in [-0.39, 0.29) is 25.7 Å². The van der Waals surface area contributed by atoms with Gasteiger partial charge in [-0.2, -0.15) is 0 Å². The van der Waals surface area contributed by atoms with Gasteiger partial charge in [-0.1, -0.05) is 6.42 Å². The van der Waals surface area contributed by atoms with Gasteiger partial charge in [-0.3, -0.25) is 0 Å². The Balaban J connectivity index is 1.85. The van der Waals surface area contributed by atoms with Crippen molar-refractivity contribution in [2.75, 3.05) is 13.2 Å². The molecular weight excluding hydrogens is 396 g/mol. The minimum absolute atomic E-state index is 0.156. The maximum Gasteiger partial charge on any atom is 0.195 e. The van der Waals surface area contributed by atoms with E-state index in [9.17, 15) is 51.1 Å². The minimum atomic E-state index is -2.19. The summed E-state index contributed by atoms with van der Waals surface area (Å²) in [6, 6.07) is 0. The van der Waals surface area contributed by atoms with E-state index in [1.54, 1.807) is 0 Å². The average Bonchev–Trinajstić information content (AvgIpc) is 2.70. The van der Waals surface area contributed by atoms with Gasteiger partial charge in [-0.15, -0.1) is 0 Å². The second-order valence-corrected chi connectivity index (χ2v) is 7.78. The van der Waals surface area contributed by atoms with Crippen LogP contribution in [0.4, 0.5) is 0 Å². The van der Waals surface area contributed by atoms with Crippen molar-refractivity contribution < 1.29 is 60.5 Å². The third-order valence-corrected chi connectivity index (χ3v) is 5.67. The van der Waals surface area contributed by atoms with Gasteiger partial charge in [0.25, 0.3) is 0 Å². The highest BCUT2D eigenvalue weighted by Gasteiger charge is 2.53. The van der Waals surface area contributed by atoms with Crippen molar-refractivity contribution in [2.24, 2.45) is 0 Å². The Kier molecular flexibility index (Phi) is 8.35. The maximum atomic E-state index is 10.4. The summed E-state index contributed by atoms with van der Waals surface area (Å²) in [6.07, 6.45) is -12.2. The first-order chi connectivity index (χ1) is 13.5. The number of unbranched alkanes of at least 4 members (excludes halogenated alkanes) is 2. The first-order valence-corrected chi connectivity index (χ1v) is 9.61. The van der Waals surface area contributed by atoms with Crippen LogP contribution in [0.25, 0.3) is 0 Å². The second kappa shape index (κ2) is 9.77. The SMILES string of the molecule is OC[C@H]1O[C@](O)(CCCCC[C@@]2(O)O[C@H](CO)[C@@H](O)[C@H](O)[C@@H]2O)[C@@H](O)[C@@H](O)[C@@H]1O. The molecule has 0 aromatic heterocycles. The molecule has 12 heteroatoms. The molecule has 0 aromatic rings. The topological polar surface area (TPSA) is 221 Å². The lowest BCUT2D eigenvalue weighted by Crippen LogP contribution is -2.65. The van der Waals surface area contributed by atoms with Crippen LogP contribution in [0.1, 0.15) is 32.1 Å². The maximum absolute atomic E-state index is 10.4. The molecule has 2 fully saturated rings. The molecule has 172 valence electrons. The minimum Gasteiger partial charge on any atom is -0.394 e. The first-order valence-electron chi connectivity index (χ1n) is 9.61. The van der Waals surface area contributed by atoms with Crippen LogP contribution in [0.5, 0.6) is 0 Å². The molecule has 12 nitrogen and oxygen atoms in total. The normalized spacial score (nSPS) is 48.6. The zero-order valence-corrected chi connectivity index (χ0v) is 15.9. The van der Waals surface area contributed by atoms with E-state index in [2.05, 4.69) is 0 Å². The van der Waals surface area contributed by atoms with Crippen molar-refractivity contribution in [3.63, 3.8) is 0 Å². The Morgan fingerprint density at radius 2 is 0.897 bits per heavy atom. The van der Waals surface area contributed by atoms with Gasteiger partial charge in [-0.05, 0) is 12.8 Å². The molecule has 2 heterocycles. The molecule has 0 amide bonds. The fourth-order valence-electron chi connectivity index (χ4n) is 3.79. The smallest absolute Gasteiger partial charge is 0.195 e. The quantitative estimate of drug-likeness (QED) is 0.165. The fraction of sp³-hybridized carbons (Fsp3) is 1.00. The molecule has 0 bridgehead atoms. The van der Waals surface area contributed by atoms with Crippen molar-refractivity contribution >= 4 is 0 Å². The number of aliphatic hydroxyl groups excluding tert-OH is 8. The number of rotatable bonds is 8. The molecular formula is C17H32O12. The van der Waals surface area contributed by atoms with Gasteiger partial charge in [0.15, 0.2) is 11.6 Å². The van der Waals surface area contributed by atoms with Gasteiger partial charge < -0.3 is 60.5 Å². The molecule has 0 radical (unpaired) electrons. The van der Waals surface area contributed by atoms with E-state index in [1.807, 2.05) is 0 Å². The number of aliphatic hydroxyl groups is 10. The van der Waals surface area contributed by atoms with Crippen molar-refractivity contribution in [1.82, 2.24) is 0 Å². The van der Waals surface area contributed by atoms with Crippen LogP contribution in [-0.2, 0) is 9.47 Å². The number of hydrogen-bond donors (Lipinski definition) is 10. The van der Waals surface area contributed by atoms with Gasteiger partial charge in [0.2, 0.25) is 0 Å². The van der Waals surface area contributed by atoms with Gasteiger partial charge in [0.1, 0.15) is 48.8 Å². The van der Waals surface area contributed by atoms with Gasteiger partial charge in [-0.25, -0.2) is 0 Å². The monoisotopic (exact) mass is 428 g/mol. The summed E-state index contributed by atoms with van der Waals surface area (Å²) in [4.78, 5) is 0. The Morgan fingerprint density at radius 1 is 0.552 bits per heavy atom. The van der Waals surface area contributed by atoms with Gasteiger partial charge in [0, 0.05) is 12.8 Å². The van der Waals surface area contributed by atoms with Crippen LogP contribution in [-0.4, -0.2) is 125 Å². The Hall–Kier alpha value is -0.480. The third-order valence-electron chi connectivity index (χ3n) is 5.67. The largest absolute Gasteiger partial charge is 0.394 e. The summed E-state index contributed by atoms with van der Waals surface area (Å²) in [5, 5.41) is 98.3. The van der Waals surface area contributed by atoms with E-state index in [1.165, 1.54) is 0 Å². The average molecular weight is 428 g/mol. The summed E-state index contributed by atoms with van der Waals surface area (Å²) >= 11 is 0. The Labute approximate surface area is 167 Å². The van der Waals surface area contributed by atoms with Gasteiger partial charge in [0.05, 0.1) is 13.2 Å². The second-order valence-electron chi connectivity index (χ2n) is 7.78. The van der Waals surface area contributed by atoms with Crippen molar-refractivity contribution in [1.29, 1.82) is 0 Å². The molecule has 0 unspecified atom stereocenters. The number of ether oxygens (including phenoxy) is 2. The van der Waals surface area contributed by atoms with E-state index < -0.39 is 73.6 Å². The van der Waals surface area contributed by atoms with Crippen molar-refractivity contribution in [2.45, 2.75) is 92.5 Å². The van der Waals surface area contributed by atoms with E-state index in [4.69, 9.17) is 9.47 Å². The predicted molar refractivity (Wildman–Crippen MR) is 92.9 cm³/mol. The highest BCUT2D eigenvalue weighted by molar-refractivity contribution is 4.97. The molecule has 2 aliphatic heterocycles. The van der Waals surface area contributed by atoms with Crippen LogP contribution in [0.2, 0.25) is 0 Å². The molecule has 0 spiro atoms. The summed E-state index contributed by atoms with van der Waals surface area (Å²) in [6.45, 7) is -1.34.